The van der Waals surface area contributed by atoms with E-state index in [1.165, 1.54) is 11.3 Å². The molecule has 21 heavy (non-hydrogen) atoms. The number of anilines is 1. The molecule has 0 heterocycles. The molecule has 0 radical (unpaired) electrons. The molecule has 3 nitrogen and oxygen atoms in total. The zero-order chi connectivity index (χ0) is 15.1. The summed E-state index contributed by atoms with van der Waals surface area (Å²) in [5.74, 6) is 0.899. The van der Waals surface area contributed by atoms with Gasteiger partial charge in [-0.3, -0.25) is 0 Å². The molecule has 0 aliphatic carbocycles. The summed E-state index contributed by atoms with van der Waals surface area (Å²) in [6.07, 6.45) is 0.983. The van der Waals surface area contributed by atoms with Gasteiger partial charge in [0.2, 0.25) is 0 Å². The number of aryl methyl sites for hydroxylation is 1. The van der Waals surface area contributed by atoms with E-state index in [4.69, 9.17) is 10.5 Å². The minimum atomic E-state index is 0.549. The smallest absolute Gasteiger partial charge is 0.119 e. The van der Waals surface area contributed by atoms with Gasteiger partial charge in [-0.2, -0.15) is 0 Å². The van der Waals surface area contributed by atoms with Crippen LogP contribution in [0.3, 0.4) is 0 Å². The lowest BCUT2D eigenvalue weighted by molar-refractivity contribution is 0.312. The van der Waals surface area contributed by atoms with Crippen LogP contribution in [-0.4, -0.2) is 20.2 Å². The van der Waals surface area contributed by atoms with Crippen LogP contribution in [0.2, 0.25) is 0 Å². The van der Waals surface area contributed by atoms with Crippen LogP contribution >= 0.6 is 0 Å². The highest BCUT2D eigenvalue weighted by Crippen LogP contribution is 2.15. The maximum absolute atomic E-state index is 5.77. The maximum Gasteiger partial charge on any atom is 0.119 e. The van der Waals surface area contributed by atoms with Crippen LogP contribution in [0.5, 0.6) is 5.75 Å². The topological polar surface area (TPSA) is 38.5 Å². The fourth-order valence-corrected chi connectivity index (χ4v) is 2.18. The average molecular weight is 284 g/mol. The normalized spacial score (nSPS) is 10.4. The van der Waals surface area contributed by atoms with E-state index in [-0.39, 0.29) is 0 Å². The Kier molecular flexibility index (Phi) is 5.64. The Balaban J connectivity index is 1.75. The predicted octanol–water partition coefficient (Wildman–Crippen LogP) is 3.36. The summed E-state index contributed by atoms with van der Waals surface area (Å²) >= 11 is 0. The van der Waals surface area contributed by atoms with E-state index in [0.717, 1.165) is 24.3 Å². The first-order chi connectivity index (χ1) is 10.2. The third kappa shape index (κ3) is 4.80. The van der Waals surface area contributed by atoms with E-state index in [2.05, 4.69) is 43.1 Å². The molecule has 2 N–H and O–H groups in total. The molecule has 0 fully saturated rings. The number of ether oxygens (including phenoxy) is 1. The second kappa shape index (κ2) is 7.70. The van der Waals surface area contributed by atoms with Crippen molar-refractivity contribution in [2.45, 2.75) is 19.9 Å². The zero-order valence-electron chi connectivity index (χ0n) is 12.9. The molecule has 0 saturated carbocycles. The second-order valence-electron chi connectivity index (χ2n) is 5.31. The molecular formula is C18H24N2O. The fourth-order valence-electron chi connectivity index (χ4n) is 2.18. The monoisotopic (exact) mass is 284 g/mol. The molecule has 0 unspecified atom stereocenters. The number of nitrogens with two attached hydrogens (primary N) is 1. The summed E-state index contributed by atoms with van der Waals surface area (Å²) in [6.45, 7) is 4.34. The number of nitrogens with zero attached hydrogens (tertiary/aromatic N) is 1. The van der Waals surface area contributed by atoms with Crippen molar-refractivity contribution in [1.29, 1.82) is 0 Å². The molecule has 2 aromatic carbocycles. The lowest BCUT2D eigenvalue weighted by Crippen LogP contribution is -2.20. The Hall–Kier alpha value is -2.00. The van der Waals surface area contributed by atoms with Gasteiger partial charge in [0.1, 0.15) is 5.75 Å². The number of hydrogen-bond acceptors (Lipinski definition) is 3. The third-order valence-electron chi connectivity index (χ3n) is 3.52. The van der Waals surface area contributed by atoms with Gasteiger partial charge in [-0.25, -0.2) is 0 Å². The first-order valence-corrected chi connectivity index (χ1v) is 7.38. The molecule has 0 saturated heterocycles. The van der Waals surface area contributed by atoms with Crippen LogP contribution in [-0.2, 0) is 6.54 Å². The van der Waals surface area contributed by atoms with Gasteiger partial charge in [0, 0.05) is 25.8 Å². The van der Waals surface area contributed by atoms with E-state index >= 15 is 0 Å². The highest BCUT2D eigenvalue weighted by molar-refractivity contribution is 5.46. The summed E-state index contributed by atoms with van der Waals surface area (Å²) < 4.78 is 5.77. The summed E-state index contributed by atoms with van der Waals surface area (Å²) in [4.78, 5) is 2.25. The van der Waals surface area contributed by atoms with Crippen molar-refractivity contribution in [3.63, 3.8) is 0 Å². The van der Waals surface area contributed by atoms with E-state index in [0.29, 0.717) is 13.2 Å². The number of benzene rings is 2. The first kappa shape index (κ1) is 15.4. The van der Waals surface area contributed by atoms with E-state index in [9.17, 15) is 0 Å². The van der Waals surface area contributed by atoms with Gasteiger partial charge in [-0.1, -0.05) is 29.8 Å². The van der Waals surface area contributed by atoms with Crippen molar-refractivity contribution in [1.82, 2.24) is 0 Å². The van der Waals surface area contributed by atoms with Crippen molar-refractivity contribution in [2.75, 3.05) is 25.1 Å². The Morgan fingerprint density at radius 3 is 2.57 bits per heavy atom. The van der Waals surface area contributed by atoms with E-state index < -0.39 is 0 Å². The van der Waals surface area contributed by atoms with Gasteiger partial charge in [0.05, 0.1) is 6.61 Å². The second-order valence-corrected chi connectivity index (χ2v) is 5.31. The quantitative estimate of drug-likeness (QED) is 0.792. The molecule has 0 aliphatic rings. The molecule has 2 rings (SSSR count). The Morgan fingerprint density at radius 1 is 1.10 bits per heavy atom. The third-order valence-corrected chi connectivity index (χ3v) is 3.52. The minimum Gasteiger partial charge on any atom is -0.494 e. The highest BCUT2D eigenvalue weighted by Gasteiger charge is 2.01. The zero-order valence-corrected chi connectivity index (χ0v) is 12.9. The van der Waals surface area contributed by atoms with Crippen LogP contribution in [0.1, 0.15) is 17.5 Å². The van der Waals surface area contributed by atoms with Crippen LogP contribution < -0.4 is 15.4 Å². The minimum absolute atomic E-state index is 0.549. The molecule has 3 heteroatoms. The van der Waals surface area contributed by atoms with Crippen LogP contribution in [0.15, 0.2) is 48.5 Å². The summed E-state index contributed by atoms with van der Waals surface area (Å²) in [6, 6.07) is 16.6. The Bertz CT molecular complexity index is 551. The molecule has 0 bridgehead atoms. The molecule has 0 aromatic heterocycles. The largest absolute Gasteiger partial charge is 0.494 e. The molecule has 2 aromatic rings. The fraction of sp³-hybridized carbons (Fsp3) is 0.333. The molecule has 0 aliphatic heterocycles. The van der Waals surface area contributed by atoms with E-state index in [1.54, 1.807) is 0 Å². The summed E-state index contributed by atoms with van der Waals surface area (Å²) in [5.41, 5.74) is 9.26. The standard InChI is InChI=1S/C18H24N2O/c1-15-7-9-17(10-8-15)20(2)11-4-12-21-18-6-3-5-16(13-18)14-19/h3,5-10,13H,4,11-12,14,19H2,1-2H3. The molecular weight excluding hydrogens is 260 g/mol. The SMILES string of the molecule is Cc1ccc(N(C)CCCOc2cccc(CN)c2)cc1. The van der Waals surface area contributed by atoms with Crippen molar-refractivity contribution in [3.05, 3.63) is 59.7 Å². The Labute approximate surface area is 127 Å². The van der Waals surface area contributed by atoms with Gasteiger partial charge in [0.25, 0.3) is 0 Å². The van der Waals surface area contributed by atoms with Crippen LogP contribution in [0.4, 0.5) is 5.69 Å². The van der Waals surface area contributed by atoms with Gasteiger partial charge >= 0.3 is 0 Å². The maximum atomic E-state index is 5.77. The van der Waals surface area contributed by atoms with Crippen molar-refractivity contribution in [3.8, 4) is 5.75 Å². The first-order valence-electron chi connectivity index (χ1n) is 7.38. The summed E-state index contributed by atoms with van der Waals surface area (Å²) in [7, 11) is 2.11. The van der Waals surface area contributed by atoms with Crippen molar-refractivity contribution < 1.29 is 4.74 Å². The number of rotatable bonds is 7. The lowest BCUT2D eigenvalue weighted by Gasteiger charge is -2.19. The van der Waals surface area contributed by atoms with Gasteiger partial charge in [-0.15, -0.1) is 0 Å². The van der Waals surface area contributed by atoms with Gasteiger partial charge < -0.3 is 15.4 Å². The van der Waals surface area contributed by atoms with Gasteiger partial charge in [-0.05, 0) is 43.2 Å². The van der Waals surface area contributed by atoms with Crippen molar-refractivity contribution >= 4 is 5.69 Å². The highest BCUT2D eigenvalue weighted by atomic mass is 16.5. The number of hydrogen-bond donors (Lipinski definition) is 1. The van der Waals surface area contributed by atoms with E-state index in [1.807, 2.05) is 24.3 Å². The predicted molar refractivity (Wildman–Crippen MR) is 88.9 cm³/mol. The molecule has 0 amide bonds. The Morgan fingerprint density at radius 2 is 1.86 bits per heavy atom. The van der Waals surface area contributed by atoms with Gasteiger partial charge in [0.15, 0.2) is 0 Å². The molecule has 0 atom stereocenters. The summed E-state index contributed by atoms with van der Waals surface area (Å²) in [5, 5.41) is 0. The van der Waals surface area contributed by atoms with Crippen molar-refractivity contribution in [2.24, 2.45) is 5.73 Å². The molecule has 112 valence electrons. The average Bonchev–Trinajstić information content (AvgIpc) is 2.52. The molecule has 0 spiro atoms. The lowest BCUT2D eigenvalue weighted by atomic mass is 10.2. The van der Waals surface area contributed by atoms with Crippen LogP contribution in [0, 0.1) is 6.92 Å². The van der Waals surface area contributed by atoms with Crippen LogP contribution in [0.25, 0.3) is 0 Å².